The number of hydrogen-bond acceptors (Lipinski definition) is 1. The van der Waals surface area contributed by atoms with Crippen LogP contribution in [0.2, 0.25) is 0 Å². The monoisotopic (exact) mass is 250 g/mol. The van der Waals surface area contributed by atoms with E-state index in [0.717, 1.165) is 4.47 Å². The molecule has 1 unspecified atom stereocenters. The molecule has 0 amide bonds. The van der Waals surface area contributed by atoms with Gasteiger partial charge in [-0.15, -0.1) is 0 Å². The van der Waals surface area contributed by atoms with Crippen molar-refractivity contribution < 1.29 is 9.18 Å². The molecule has 1 aromatic rings. The molecule has 0 fully saturated rings. The predicted molar refractivity (Wildman–Crippen MR) is 48.9 cm³/mol. The fourth-order valence-electron chi connectivity index (χ4n) is 0.795. The molecule has 12 heavy (non-hydrogen) atoms. The third-order valence-corrected chi connectivity index (χ3v) is 2.03. The largest absolute Gasteiger partial charge is 0.278 e. The molecule has 1 nitrogen and oxygen atoms in total. The van der Waals surface area contributed by atoms with E-state index in [0.29, 0.717) is 0 Å². The van der Waals surface area contributed by atoms with Crippen molar-refractivity contribution in [1.29, 1.82) is 0 Å². The zero-order chi connectivity index (χ0) is 9.14. The topological polar surface area (TPSA) is 17.1 Å². The van der Waals surface area contributed by atoms with E-state index in [9.17, 15) is 9.18 Å². The third kappa shape index (κ3) is 2.29. The second-order valence-corrected chi connectivity index (χ2v) is 3.51. The lowest BCUT2D eigenvalue weighted by atomic mass is 10.1. The van der Waals surface area contributed by atoms with E-state index < -0.39 is 11.4 Å². The average molecular weight is 251 g/mol. The van der Waals surface area contributed by atoms with Crippen LogP contribution in [-0.4, -0.2) is 5.24 Å². The summed E-state index contributed by atoms with van der Waals surface area (Å²) in [6.07, 6.45) is -1.73. The van der Waals surface area contributed by atoms with Gasteiger partial charge in [0.15, 0.2) is 6.17 Å². The molecule has 1 aromatic carbocycles. The number of benzene rings is 1. The first kappa shape index (κ1) is 9.68. The van der Waals surface area contributed by atoms with Crippen molar-refractivity contribution in [2.75, 3.05) is 0 Å². The Balaban J connectivity index is 2.95. The number of rotatable bonds is 2. The summed E-state index contributed by atoms with van der Waals surface area (Å²) < 4.78 is 13.7. The van der Waals surface area contributed by atoms with Crippen LogP contribution in [0, 0.1) is 0 Å². The number of carbonyl (C=O) groups is 1. The van der Waals surface area contributed by atoms with Crippen LogP contribution in [0.15, 0.2) is 28.7 Å². The molecule has 1 atom stereocenters. The van der Waals surface area contributed by atoms with Gasteiger partial charge < -0.3 is 0 Å². The van der Waals surface area contributed by atoms with E-state index >= 15 is 0 Å². The van der Waals surface area contributed by atoms with Gasteiger partial charge in [0, 0.05) is 4.47 Å². The fourth-order valence-corrected chi connectivity index (χ4v) is 1.34. The van der Waals surface area contributed by atoms with E-state index in [1.54, 1.807) is 12.1 Å². The van der Waals surface area contributed by atoms with Crippen LogP contribution in [0.25, 0.3) is 0 Å². The summed E-state index contributed by atoms with van der Waals surface area (Å²) in [5.74, 6) is 0. The lowest BCUT2D eigenvalue weighted by Crippen LogP contribution is -1.99. The highest BCUT2D eigenvalue weighted by Gasteiger charge is 2.16. The molecule has 0 saturated carbocycles. The SMILES string of the molecule is O=C(Cl)C(F)c1cccc(Br)c1. The molecule has 0 N–H and O–H groups in total. The van der Waals surface area contributed by atoms with Crippen LogP contribution in [0.3, 0.4) is 0 Å². The average Bonchev–Trinajstić information content (AvgIpc) is 2.03. The molecule has 0 spiro atoms. The molecule has 0 bridgehead atoms. The molecular formula is C8H5BrClFO. The second kappa shape index (κ2) is 4.01. The lowest BCUT2D eigenvalue weighted by Gasteiger charge is -2.02. The van der Waals surface area contributed by atoms with Crippen LogP contribution in [-0.2, 0) is 4.79 Å². The Morgan fingerprint density at radius 1 is 1.58 bits per heavy atom. The molecule has 64 valence electrons. The van der Waals surface area contributed by atoms with Gasteiger partial charge in [0.05, 0.1) is 0 Å². The van der Waals surface area contributed by atoms with Crippen LogP contribution >= 0.6 is 27.5 Å². The Morgan fingerprint density at radius 2 is 2.25 bits per heavy atom. The maximum atomic E-state index is 12.9. The predicted octanol–water partition coefficient (Wildman–Crippen LogP) is 3.23. The number of carbonyl (C=O) groups excluding carboxylic acids is 1. The van der Waals surface area contributed by atoms with E-state index in [1.807, 2.05) is 0 Å². The van der Waals surface area contributed by atoms with E-state index in [1.165, 1.54) is 12.1 Å². The van der Waals surface area contributed by atoms with Gasteiger partial charge in [-0.25, -0.2) is 4.39 Å². The standard InChI is InChI=1S/C8H5BrClFO/c9-6-3-1-2-5(4-6)7(11)8(10)12/h1-4,7H. The van der Waals surface area contributed by atoms with Crippen molar-refractivity contribution >= 4 is 32.8 Å². The van der Waals surface area contributed by atoms with Crippen LogP contribution < -0.4 is 0 Å². The molecule has 1 rings (SSSR count). The van der Waals surface area contributed by atoms with Gasteiger partial charge in [-0.1, -0.05) is 28.1 Å². The highest BCUT2D eigenvalue weighted by molar-refractivity contribution is 9.10. The van der Waals surface area contributed by atoms with Crippen molar-refractivity contribution in [2.24, 2.45) is 0 Å². The zero-order valence-electron chi connectivity index (χ0n) is 5.93. The molecule has 0 aromatic heterocycles. The highest BCUT2D eigenvalue weighted by Crippen LogP contribution is 2.22. The van der Waals surface area contributed by atoms with Gasteiger partial charge in [0.25, 0.3) is 5.24 Å². The normalized spacial score (nSPS) is 12.6. The van der Waals surface area contributed by atoms with Crippen molar-refractivity contribution in [2.45, 2.75) is 6.17 Å². The van der Waals surface area contributed by atoms with E-state index in [2.05, 4.69) is 15.9 Å². The minimum absolute atomic E-state index is 0.268. The summed E-state index contributed by atoms with van der Waals surface area (Å²) in [5.41, 5.74) is 0.268. The molecule has 0 aliphatic carbocycles. The summed E-state index contributed by atoms with van der Waals surface area (Å²) in [6.45, 7) is 0. The Hall–Kier alpha value is -0.410. The Morgan fingerprint density at radius 3 is 2.75 bits per heavy atom. The minimum atomic E-state index is -1.73. The third-order valence-electron chi connectivity index (χ3n) is 1.34. The Bertz CT molecular complexity index is 303. The van der Waals surface area contributed by atoms with Crippen molar-refractivity contribution in [3.63, 3.8) is 0 Å². The lowest BCUT2D eigenvalue weighted by molar-refractivity contribution is -0.116. The van der Waals surface area contributed by atoms with Gasteiger partial charge in [-0.3, -0.25) is 4.79 Å². The van der Waals surface area contributed by atoms with Crippen LogP contribution in [0.5, 0.6) is 0 Å². The van der Waals surface area contributed by atoms with Crippen molar-refractivity contribution in [1.82, 2.24) is 0 Å². The summed E-state index contributed by atoms with van der Waals surface area (Å²) >= 11 is 8.14. The first-order valence-electron chi connectivity index (χ1n) is 3.20. The number of hydrogen-bond donors (Lipinski definition) is 0. The maximum absolute atomic E-state index is 12.9. The van der Waals surface area contributed by atoms with Crippen molar-refractivity contribution in [3.05, 3.63) is 34.3 Å². The molecule has 0 aliphatic rings. The first-order valence-corrected chi connectivity index (χ1v) is 4.37. The Labute approximate surface area is 82.7 Å². The van der Waals surface area contributed by atoms with E-state index in [4.69, 9.17) is 11.6 Å². The molecule has 0 saturated heterocycles. The summed E-state index contributed by atoms with van der Waals surface area (Å²) in [7, 11) is 0. The summed E-state index contributed by atoms with van der Waals surface area (Å²) in [6, 6.07) is 6.42. The quantitative estimate of drug-likeness (QED) is 0.738. The summed E-state index contributed by atoms with van der Waals surface area (Å²) in [4.78, 5) is 10.4. The summed E-state index contributed by atoms with van der Waals surface area (Å²) in [5, 5.41) is -0.992. The fraction of sp³-hybridized carbons (Fsp3) is 0.125. The minimum Gasteiger partial charge on any atom is -0.278 e. The maximum Gasteiger partial charge on any atom is 0.260 e. The Kier molecular flexibility index (Phi) is 3.23. The van der Waals surface area contributed by atoms with Gasteiger partial charge >= 0.3 is 0 Å². The molecule has 0 aliphatic heterocycles. The molecule has 4 heteroatoms. The van der Waals surface area contributed by atoms with Crippen LogP contribution in [0.4, 0.5) is 4.39 Å². The molecule has 0 heterocycles. The van der Waals surface area contributed by atoms with E-state index in [-0.39, 0.29) is 5.56 Å². The van der Waals surface area contributed by atoms with Crippen LogP contribution in [0.1, 0.15) is 11.7 Å². The zero-order valence-corrected chi connectivity index (χ0v) is 8.27. The van der Waals surface area contributed by atoms with Gasteiger partial charge in [-0.05, 0) is 29.3 Å². The van der Waals surface area contributed by atoms with Gasteiger partial charge in [0.2, 0.25) is 0 Å². The van der Waals surface area contributed by atoms with Gasteiger partial charge in [0.1, 0.15) is 0 Å². The number of halogens is 3. The van der Waals surface area contributed by atoms with Crippen molar-refractivity contribution in [3.8, 4) is 0 Å². The highest BCUT2D eigenvalue weighted by atomic mass is 79.9. The van der Waals surface area contributed by atoms with Gasteiger partial charge in [-0.2, -0.15) is 0 Å². The second-order valence-electron chi connectivity index (χ2n) is 2.22. The smallest absolute Gasteiger partial charge is 0.260 e. The molecule has 0 radical (unpaired) electrons. The number of alkyl halides is 1. The molecular weight excluding hydrogens is 246 g/mol. The first-order chi connectivity index (χ1) is 5.61.